The third-order valence-electron chi connectivity index (χ3n) is 9.55. The maximum atomic E-state index is 14.5. The van der Waals surface area contributed by atoms with Crippen molar-refractivity contribution in [2.24, 2.45) is 11.3 Å². The van der Waals surface area contributed by atoms with Gasteiger partial charge in [0.15, 0.2) is 0 Å². The van der Waals surface area contributed by atoms with Crippen LogP contribution >= 0.6 is 11.3 Å². The lowest BCUT2D eigenvalue weighted by atomic mass is 9.85. The van der Waals surface area contributed by atoms with Crippen LogP contribution in [0.15, 0.2) is 48.5 Å². The van der Waals surface area contributed by atoms with Gasteiger partial charge in [-0.05, 0) is 60.9 Å². The van der Waals surface area contributed by atoms with Gasteiger partial charge >= 0.3 is 6.18 Å². The number of fused-ring (bicyclic) bond motifs is 1. The lowest BCUT2D eigenvalue weighted by Crippen LogP contribution is -2.58. The SMILES string of the molecule is CC[C@@H]1C[C@]1(NC(=O)[C@@H]1C[C@@H](Oc2nc3ccccc3s2)CN1C(=O)[C@@H](Nc1cccc(C(F)(F)F)c1)C(C)(C)C)C(=O)NS(=O)(=O)C1CC1. The molecule has 1 aromatic heterocycles. The highest BCUT2D eigenvalue weighted by Gasteiger charge is 2.62. The summed E-state index contributed by atoms with van der Waals surface area (Å²) in [6.07, 6.45) is -3.61. The molecule has 6 rings (SSSR count). The Morgan fingerprint density at radius 3 is 2.44 bits per heavy atom. The number of rotatable bonds is 11. The summed E-state index contributed by atoms with van der Waals surface area (Å²) < 4.78 is 75.1. The number of ether oxygens (including phenoxy) is 1. The number of likely N-dealkylation sites (tertiary alicyclic amines) is 1. The van der Waals surface area contributed by atoms with Gasteiger partial charge in [0.2, 0.25) is 21.8 Å². The zero-order chi connectivity index (χ0) is 36.2. The molecular weight excluding hydrogens is 696 g/mol. The number of amides is 3. The molecule has 2 aliphatic carbocycles. The van der Waals surface area contributed by atoms with Crippen LogP contribution in [0.4, 0.5) is 18.9 Å². The minimum atomic E-state index is -4.60. The van der Waals surface area contributed by atoms with Gasteiger partial charge in [-0.2, -0.15) is 13.2 Å². The van der Waals surface area contributed by atoms with Crippen LogP contribution in [0.1, 0.15) is 65.4 Å². The number of carbonyl (C=O) groups is 3. The summed E-state index contributed by atoms with van der Waals surface area (Å²) >= 11 is 1.31. The van der Waals surface area contributed by atoms with Gasteiger partial charge < -0.3 is 20.3 Å². The maximum Gasteiger partial charge on any atom is 0.416 e. The second kappa shape index (κ2) is 13.0. The summed E-state index contributed by atoms with van der Waals surface area (Å²) in [4.78, 5) is 47.9. The summed E-state index contributed by atoms with van der Waals surface area (Å²) in [5.41, 5.74) is -2.38. The first-order valence-corrected chi connectivity index (χ1v) is 18.9. The molecule has 3 aromatic rings. The van der Waals surface area contributed by atoms with Gasteiger partial charge in [0.05, 0.1) is 27.6 Å². The van der Waals surface area contributed by atoms with E-state index in [1.54, 1.807) is 20.8 Å². The topological polar surface area (TPSA) is 147 Å². The van der Waals surface area contributed by atoms with Gasteiger partial charge in [0.1, 0.15) is 23.7 Å². The van der Waals surface area contributed by atoms with Crippen molar-refractivity contribution in [3.8, 4) is 5.19 Å². The maximum absolute atomic E-state index is 14.5. The van der Waals surface area contributed by atoms with E-state index in [0.717, 1.165) is 22.3 Å². The van der Waals surface area contributed by atoms with E-state index >= 15 is 0 Å². The predicted molar refractivity (Wildman–Crippen MR) is 182 cm³/mol. The highest BCUT2D eigenvalue weighted by atomic mass is 32.2. The van der Waals surface area contributed by atoms with Gasteiger partial charge in [-0.15, -0.1) is 0 Å². The number of thiazole rings is 1. The minimum absolute atomic E-state index is 0.0305. The zero-order valence-electron chi connectivity index (χ0n) is 28.0. The number of anilines is 1. The van der Waals surface area contributed by atoms with Crippen molar-refractivity contribution in [3.63, 3.8) is 0 Å². The number of sulfonamides is 1. The molecule has 270 valence electrons. The molecule has 1 aliphatic heterocycles. The highest BCUT2D eigenvalue weighted by molar-refractivity contribution is 7.91. The molecule has 3 fully saturated rings. The van der Waals surface area contributed by atoms with Crippen LogP contribution in [0.5, 0.6) is 5.19 Å². The first-order chi connectivity index (χ1) is 23.4. The fraction of sp³-hybridized carbons (Fsp3) is 0.529. The fourth-order valence-corrected chi connectivity index (χ4v) is 8.73. The number of benzene rings is 2. The predicted octanol–water partition coefficient (Wildman–Crippen LogP) is 5.08. The van der Waals surface area contributed by atoms with Gasteiger partial charge in [-0.25, -0.2) is 13.4 Å². The molecule has 0 spiro atoms. The van der Waals surface area contributed by atoms with Crippen molar-refractivity contribution in [1.82, 2.24) is 19.9 Å². The smallest absolute Gasteiger partial charge is 0.416 e. The summed E-state index contributed by atoms with van der Waals surface area (Å²) in [6, 6.07) is 9.76. The average Bonchev–Trinajstić information content (AvgIpc) is 3.94. The molecule has 0 bridgehead atoms. The Balaban J connectivity index is 1.28. The number of para-hydroxylation sites is 1. The van der Waals surface area contributed by atoms with E-state index in [1.807, 2.05) is 31.2 Å². The third kappa shape index (κ3) is 7.41. The molecule has 50 heavy (non-hydrogen) atoms. The minimum Gasteiger partial charge on any atom is -0.465 e. The van der Waals surface area contributed by atoms with Crippen LogP contribution in [-0.4, -0.2) is 71.5 Å². The monoisotopic (exact) mass is 735 g/mol. The van der Waals surface area contributed by atoms with Crippen molar-refractivity contribution in [2.45, 2.75) is 95.0 Å². The van der Waals surface area contributed by atoms with Crippen molar-refractivity contribution in [2.75, 3.05) is 11.9 Å². The number of nitrogens with zero attached hydrogens (tertiary/aromatic N) is 2. The Morgan fingerprint density at radius 2 is 1.82 bits per heavy atom. The second-order valence-corrected chi connectivity index (χ2v) is 17.4. The summed E-state index contributed by atoms with van der Waals surface area (Å²) in [5, 5.41) is 5.50. The van der Waals surface area contributed by atoms with Crippen LogP contribution in [0, 0.1) is 11.3 Å². The highest BCUT2D eigenvalue weighted by Crippen LogP contribution is 2.47. The molecule has 5 atom stereocenters. The largest absolute Gasteiger partial charge is 0.465 e. The van der Waals surface area contributed by atoms with Crippen LogP contribution < -0.4 is 20.1 Å². The summed E-state index contributed by atoms with van der Waals surface area (Å²) in [6.45, 7) is 7.06. The fourth-order valence-electron chi connectivity index (χ4n) is 6.48. The number of nitrogens with one attached hydrogen (secondary N) is 3. The van der Waals surface area contributed by atoms with E-state index < -0.39 is 73.9 Å². The number of halogens is 3. The van der Waals surface area contributed by atoms with Crippen LogP contribution in [0.3, 0.4) is 0 Å². The molecule has 2 saturated carbocycles. The number of hydrogen-bond acceptors (Lipinski definition) is 9. The summed E-state index contributed by atoms with van der Waals surface area (Å²) in [7, 11) is -3.88. The van der Waals surface area contributed by atoms with Crippen molar-refractivity contribution in [1.29, 1.82) is 0 Å². The zero-order valence-corrected chi connectivity index (χ0v) is 29.7. The van der Waals surface area contributed by atoms with E-state index in [-0.39, 0.29) is 31.0 Å². The standard InChI is InChI=1S/C34H40F3N5O6S2/c1-5-19-17-33(19,30(45)41-50(46,47)23-13-14-23)40-28(43)25-16-22(48-31-39-24-11-6-7-12-26(24)49-31)18-42(25)29(44)27(32(2,3)4)38-21-10-8-9-20(15-21)34(35,36)37/h6-12,15,19,22-23,25,27,38H,5,13-14,16-18H2,1-4H3,(H,40,43)(H,41,45)/t19-,22-,25+,27-,33-/m1/s1. The molecule has 3 amide bonds. The van der Waals surface area contributed by atoms with Crippen LogP contribution in [0.25, 0.3) is 10.2 Å². The van der Waals surface area contributed by atoms with Crippen LogP contribution in [-0.2, 0) is 30.6 Å². The lowest BCUT2D eigenvalue weighted by Gasteiger charge is -2.36. The Labute approximate surface area is 292 Å². The number of carbonyl (C=O) groups excluding carboxylic acids is 3. The van der Waals surface area contributed by atoms with E-state index in [4.69, 9.17) is 4.74 Å². The molecule has 2 heterocycles. The van der Waals surface area contributed by atoms with Gasteiger partial charge in [0.25, 0.3) is 11.1 Å². The molecule has 1 saturated heterocycles. The van der Waals surface area contributed by atoms with Crippen molar-refractivity contribution in [3.05, 3.63) is 54.1 Å². The van der Waals surface area contributed by atoms with E-state index in [9.17, 15) is 36.0 Å². The quantitative estimate of drug-likeness (QED) is 0.247. The Morgan fingerprint density at radius 1 is 1.10 bits per heavy atom. The molecular formula is C34H40F3N5O6S2. The molecule has 0 radical (unpaired) electrons. The Hall–Kier alpha value is -3.92. The molecule has 3 N–H and O–H groups in total. The van der Waals surface area contributed by atoms with Crippen molar-refractivity contribution < 1.29 is 40.7 Å². The number of aromatic nitrogens is 1. The van der Waals surface area contributed by atoms with Gasteiger partial charge in [-0.1, -0.05) is 63.7 Å². The van der Waals surface area contributed by atoms with Gasteiger partial charge in [0, 0.05) is 12.1 Å². The van der Waals surface area contributed by atoms with E-state index in [0.29, 0.717) is 24.5 Å². The molecule has 0 unspecified atom stereocenters. The molecule has 11 nitrogen and oxygen atoms in total. The number of alkyl halides is 3. The van der Waals surface area contributed by atoms with E-state index in [1.165, 1.54) is 28.4 Å². The average molecular weight is 736 g/mol. The second-order valence-electron chi connectivity index (χ2n) is 14.4. The lowest BCUT2D eigenvalue weighted by molar-refractivity contribution is -0.141. The van der Waals surface area contributed by atoms with Crippen molar-refractivity contribution >= 4 is 55.0 Å². The Bertz CT molecular complexity index is 1880. The molecule has 2 aromatic carbocycles. The first-order valence-electron chi connectivity index (χ1n) is 16.6. The molecule has 3 aliphatic rings. The number of hydrogen-bond donors (Lipinski definition) is 3. The Kier molecular flexibility index (Phi) is 9.33. The van der Waals surface area contributed by atoms with E-state index in [2.05, 4.69) is 20.3 Å². The first kappa shape index (κ1) is 35.9. The molecule has 16 heteroatoms. The normalized spacial score (nSPS) is 24.5. The van der Waals surface area contributed by atoms with Crippen LogP contribution in [0.2, 0.25) is 0 Å². The van der Waals surface area contributed by atoms with Gasteiger partial charge in [-0.3, -0.25) is 19.1 Å². The third-order valence-corrected chi connectivity index (χ3v) is 12.3. The summed E-state index contributed by atoms with van der Waals surface area (Å²) in [5.74, 6) is -2.33.